The first-order valence-corrected chi connectivity index (χ1v) is 8.74. The average Bonchev–Trinajstić information content (AvgIpc) is 2.54. The van der Waals surface area contributed by atoms with E-state index in [1.165, 1.54) is 5.56 Å². The van der Waals surface area contributed by atoms with Crippen molar-refractivity contribution in [2.75, 3.05) is 26.7 Å². The Morgan fingerprint density at radius 2 is 2.00 bits per heavy atom. The van der Waals surface area contributed by atoms with Crippen molar-refractivity contribution in [1.82, 2.24) is 10.2 Å². The minimum absolute atomic E-state index is 0.0227. The highest BCUT2D eigenvalue weighted by atomic mass is 35.5. The standard InChI is InChI=1S/C20H25ClN2O2/c1-15-6-4-9-19(12-15)25-11-10-23(3)14-20(24)22-16(2)17-7-5-8-18(21)13-17/h4-9,12-13,16H,10-11,14H2,1-3H3,(H,22,24). The van der Waals surface area contributed by atoms with E-state index < -0.39 is 0 Å². The molecule has 2 aromatic carbocycles. The van der Waals surface area contributed by atoms with Gasteiger partial charge in [0, 0.05) is 11.6 Å². The van der Waals surface area contributed by atoms with Gasteiger partial charge in [0.2, 0.25) is 5.91 Å². The number of carbonyl (C=O) groups is 1. The van der Waals surface area contributed by atoms with Gasteiger partial charge in [0.1, 0.15) is 12.4 Å². The number of likely N-dealkylation sites (N-methyl/N-ethyl adjacent to an activating group) is 1. The lowest BCUT2D eigenvalue weighted by Gasteiger charge is -2.19. The molecule has 2 rings (SSSR count). The van der Waals surface area contributed by atoms with E-state index in [9.17, 15) is 4.79 Å². The Balaban J connectivity index is 1.72. The fourth-order valence-electron chi connectivity index (χ4n) is 2.50. The van der Waals surface area contributed by atoms with Crippen LogP contribution < -0.4 is 10.1 Å². The summed E-state index contributed by atoms with van der Waals surface area (Å²) in [4.78, 5) is 14.1. The van der Waals surface area contributed by atoms with Gasteiger partial charge in [0.05, 0.1) is 12.6 Å². The molecule has 1 amide bonds. The lowest BCUT2D eigenvalue weighted by Crippen LogP contribution is -2.38. The summed E-state index contributed by atoms with van der Waals surface area (Å²) in [5, 5.41) is 3.66. The Kier molecular flexibility index (Phi) is 7.29. The van der Waals surface area contributed by atoms with E-state index >= 15 is 0 Å². The highest BCUT2D eigenvalue weighted by molar-refractivity contribution is 6.30. The first-order valence-electron chi connectivity index (χ1n) is 8.37. The highest BCUT2D eigenvalue weighted by Gasteiger charge is 2.12. The van der Waals surface area contributed by atoms with E-state index in [2.05, 4.69) is 5.32 Å². The van der Waals surface area contributed by atoms with Gasteiger partial charge in [-0.1, -0.05) is 35.9 Å². The van der Waals surface area contributed by atoms with Crippen LogP contribution in [0.15, 0.2) is 48.5 Å². The van der Waals surface area contributed by atoms with Crippen LogP contribution >= 0.6 is 11.6 Å². The Labute approximate surface area is 154 Å². The summed E-state index contributed by atoms with van der Waals surface area (Å²) in [5.74, 6) is 0.831. The van der Waals surface area contributed by atoms with Crippen LogP contribution in [0.4, 0.5) is 0 Å². The molecule has 0 aliphatic heterocycles. The predicted molar refractivity (Wildman–Crippen MR) is 102 cm³/mol. The van der Waals surface area contributed by atoms with E-state index in [0.717, 1.165) is 11.3 Å². The summed E-state index contributed by atoms with van der Waals surface area (Å²) in [5.41, 5.74) is 2.16. The molecule has 0 aliphatic rings. The number of halogens is 1. The molecule has 0 fully saturated rings. The van der Waals surface area contributed by atoms with E-state index in [-0.39, 0.29) is 11.9 Å². The molecule has 0 aliphatic carbocycles. The number of hydrogen-bond acceptors (Lipinski definition) is 3. The Morgan fingerprint density at radius 3 is 2.72 bits per heavy atom. The van der Waals surface area contributed by atoms with Crippen LogP contribution in [-0.4, -0.2) is 37.6 Å². The van der Waals surface area contributed by atoms with Crippen molar-refractivity contribution in [3.8, 4) is 5.75 Å². The molecule has 1 N–H and O–H groups in total. The van der Waals surface area contributed by atoms with Gasteiger partial charge in [-0.05, 0) is 56.3 Å². The molecule has 25 heavy (non-hydrogen) atoms. The number of rotatable bonds is 8. The normalized spacial score (nSPS) is 12.0. The van der Waals surface area contributed by atoms with Crippen LogP contribution in [0.2, 0.25) is 5.02 Å². The predicted octanol–water partition coefficient (Wildman–Crippen LogP) is 3.84. The smallest absolute Gasteiger partial charge is 0.234 e. The number of ether oxygens (including phenoxy) is 1. The van der Waals surface area contributed by atoms with Crippen LogP contribution in [0.3, 0.4) is 0 Å². The first kappa shape index (κ1) is 19.3. The Morgan fingerprint density at radius 1 is 1.24 bits per heavy atom. The van der Waals surface area contributed by atoms with E-state index in [1.54, 1.807) is 0 Å². The number of benzene rings is 2. The molecule has 0 saturated heterocycles. The number of amides is 1. The zero-order valence-corrected chi connectivity index (χ0v) is 15.7. The lowest BCUT2D eigenvalue weighted by molar-refractivity contribution is -0.122. The SMILES string of the molecule is Cc1cccc(OCCN(C)CC(=O)NC(C)c2cccc(Cl)c2)c1. The van der Waals surface area contributed by atoms with E-state index in [0.29, 0.717) is 24.7 Å². The molecule has 2 aromatic rings. The molecule has 134 valence electrons. The van der Waals surface area contributed by atoms with E-state index in [4.69, 9.17) is 16.3 Å². The molecule has 1 atom stereocenters. The Bertz CT molecular complexity index is 706. The van der Waals surface area contributed by atoms with Crippen molar-refractivity contribution in [1.29, 1.82) is 0 Å². The van der Waals surface area contributed by atoms with Crippen molar-refractivity contribution in [3.63, 3.8) is 0 Å². The first-order chi connectivity index (χ1) is 11.9. The second kappa shape index (κ2) is 9.44. The van der Waals surface area contributed by atoms with Crippen LogP contribution in [0.5, 0.6) is 5.75 Å². The third-order valence-corrected chi connectivity index (χ3v) is 4.11. The third-order valence-electron chi connectivity index (χ3n) is 3.87. The summed E-state index contributed by atoms with van der Waals surface area (Å²) in [6.07, 6.45) is 0. The van der Waals surface area contributed by atoms with Gasteiger partial charge in [0.15, 0.2) is 0 Å². The summed E-state index contributed by atoms with van der Waals surface area (Å²) in [7, 11) is 1.91. The lowest BCUT2D eigenvalue weighted by atomic mass is 10.1. The van der Waals surface area contributed by atoms with Gasteiger partial charge in [-0.15, -0.1) is 0 Å². The number of carbonyl (C=O) groups excluding carboxylic acids is 1. The number of nitrogens with one attached hydrogen (secondary N) is 1. The molecular weight excluding hydrogens is 336 g/mol. The molecule has 4 nitrogen and oxygen atoms in total. The fourth-order valence-corrected chi connectivity index (χ4v) is 2.69. The average molecular weight is 361 g/mol. The molecule has 0 bridgehead atoms. The van der Waals surface area contributed by atoms with Crippen LogP contribution in [0.1, 0.15) is 24.1 Å². The Hall–Kier alpha value is -2.04. The maximum Gasteiger partial charge on any atom is 0.234 e. The molecular formula is C20H25ClN2O2. The van der Waals surface area contributed by atoms with Crippen molar-refractivity contribution in [2.24, 2.45) is 0 Å². The fraction of sp³-hybridized carbons (Fsp3) is 0.350. The van der Waals surface area contributed by atoms with Gasteiger partial charge in [-0.25, -0.2) is 0 Å². The van der Waals surface area contributed by atoms with Crippen molar-refractivity contribution in [2.45, 2.75) is 19.9 Å². The minimum Gasteiger partial charge on any atom is -0.492 e. The molecule has 5 heteroatoms. The molecule has 0 radical (unpaired) electrons. The quantitative estimate of drug-likeness (QED) is 0.777. The third kappa shape index (κ3) is 6.77. The highest BCUT2D eigenvalue weighted by Crippen LogP contribution is 2.17. The summed E-state index contributed by atoms with van der Waals surface area (Å²) in [6.45, 7) is 5.51. The molecule has 0 spiro atoms. The zero-order chi connectivity index (χ0) is 18.2. The summed E-state index contributed by atoms with van der Waals surface area (Å²) >= 11 is 5.99. The second-order valence-electron chi connectivity index (χ2n) is 6.25. The second-order valence-corrected chi connectivity index (χ2v) is 6.68. The minimum atomic E-state index is -0.0804. The summed E-state index contributed by atoms with van der Waals surface area (Å²) < 4.78 is 5.71. The van der Waals surface area contributed by atoms with Crippen LogP contribution in [0.25, 0.3) is 0 Å². The molecule has 0 aromatic heterocycles. The van der Waals surface area contributed by atoms with Gasteiger partial charge >= 0.3 is 0 Å². The number of nitrogens with zero attached hydrogens (tertiary/aromatic N) is 1. The van der Waals surface area contributed by atoms with Crippen molar-refractivity contribution >= 4 is 17.5 Å². The number of aryl methyl sites for hydroxylation is 1. The van der Waals surface area contributed by atoms with Crippen LogP contribution in [-0.2, 0) is 4.79 Å². The maximum atomic E-state index is 12.2. The zero-order valence-electron chi connectivity index (χ0n) is 15.0. The molecule has 0 heterocycles. The van der Waals surface area contributed by atoms with Crippen molar-refractivity contribution in [3.05, 3.63) is 64.7 Å². The van der Waals surface area contributed by atoms with E-state index in [1.807, 2.05) is 74.3 Å². The summed E-state index contributed by atoms with van der Waals surface area (Å²) in [6, 6.07) is 15.4. The monoisotopic (exact) mass is 360 g/mol. The van der Waals surface area contributed by atoms with Crippen LogP contribution in [0, 0.1) is 6.92 Å². The van der Waals surface area contributed by atoms with Gasteiger partial charge < -0.3 is 10.1 Å². The molecule has 1 unspecified atom stereocenters. The van der Waals surface area contributed by atoms with Gasteiger partial charge in [0.25, 0.3) is 0 Å². The van der Waals surface area contributed by atoms with Gasteiger partial charge in [-0.2, -0.15) is 0 Å². The van der Waals surface area contributed by atoms with Crippen molar-refractivity contribution < 1.29 is 9.53 Å². The topological polar surface area (TPSA) is 41.6 Å². The largest absolute Gasteiger partial charge is 0.492 e. The maximum absolute atomic E-state index is 12.2. The number of hydrogen-bond donors (Lipinski definition) is 1. The van der Waals surface area contributed by atoms with Gasteiger partial charge in [-0.3, -0.25) is 9.69 Å². The molecule has 0 saturated carbocycles.